The van der Waals surface area contributed by atoms with Crippen molar-refractivity contribution in [2.45, 2.75) is 22.5 Å². The maximum atomic E-state index is 13.0. The Hall–Kier alpha value is -1.46. The largest absolute Gasteiger partial charge is 0.417 e. The molecule has 0 aliphatic heterocycles. The Kier molecular flexibility index (Phi) is 4.17. The molecule has 0 fully saturated rings. The fraction of sp³-hybridized carbons (Fsp3) is 0.143. The number of benzene rings is 2. The predicted octanol–water partition coefficient (Wildman–Crippen LogP) is 4.32. The molecule has 19 heavy (non-hydrogen) atoms. The summed E-state index contributed by atoms with van der Waals surface area (Å²) >= 11 is 1.10. The zero-order valence-electron chi connectivity index (χ0n) is 9.95. The van der Waals surface area contributed by atoms with E-state index >= 15 is 0 Å². The van der Waals surface area contributed by atoms with Crippen molar-refractivity contribution >= 4 is 11.8 Å². The number of hydrogen-bond acceptors (Lipinski definition) is 2. The molecule has 0 aliphatic rings. The van der Waals surface area contributed by atoms with Crippen LogP contribution in [0.1, 0.15) is 11.1 Å². The van der Waals surface area contributed by atoms with Crippen LogP contribution in [-0.4, -0.2) is 0 Å². The third kappa shape index (κ3) is 3.52. The van der Waals surface area contributed by atoms with E-state index in [0.717, 1.165) is 22.7 Å². The van der Waals surface area contributed by atoms with Gasteiger partial charge in [0.25, 0.3) is 0 Å². The highest BCUT2D eigenvalue weighted by Crippen LogP contribution is 2.39. The summed E-state index contributed by atoms with van der Waals surface area (Å²) in [6.07, 6.45) is -4.37. The van der Waals surface area contributed by atoms with E-state index in [2.05, 4.69) is 0 Å². The Labute approximate surface area is 113 Å². The van der Waals surface area contributed by atoms with Crippen molar-refractivity contribution in [3.05, 3.63) is 59.7 Å². The number of halogens is 3. The van der Waals surface area contributed by atoms with Gasteiger partial charge in [-0.3, -0.25) is 0 Å². The number of rotatable bonds is 3. The third-order valence-electron chi connectivity index (χ3n) is 2.56. The van der Waals surface area contributed by atoms with Crippen LogP contribution in [0, 0.1) is 0 Å². The lowest BCUT2D eigenvalue weighted by atomic mass is 10.1. The molecule has 2 rings (SSSR count). The summed E-state index contributed by atoms with van der Waals surface area (Å²) < 4.78 is 39.0. The SMILES string of the molecule is NCc1ccc(Sc2ccccc2)c(C(F)(F)F)c1. The Morgan fingerprint density at radius 1 is 1.00 bits per heavy atom. The molecule has 0 saturated heterocycles. The molecular weight excluding hydrogens is 271 g/mol. The molecule has 0 spiro atoms. The van der Waals surface area contributed by atoms with Crippen LogP contribution >= 0.6 is 11.8 Å². The summed E-state index contributed by atoms with van der Waals surface area (Å²) in [7, 11) is 0. The van der Waals surface area contributed by atoms with Crippen LogP contribution in [0.4, 0.5) is 13.2 Å². The average molecular weight is 283 g/mol. The number of hydrogen-bond donors (Lipinski definition) is 1. The summed E-state index contributed by atoms with van der Waals surface area (Å²) in [6.45, 7) is 0.0966. The summed E-state index contributed by atoms with van der Waals surface area (Å²) in [4.78, 5) is 0.962. The fourth-order valence-corrected chi connectivity index (χ4v) is 2.60. The lowest BCUT2D eigenvalue weighted by Crippen LogP contribution is -2.08. The summed E-state index contributed by atoms with van der Waals surface area (Å²) in [5.74, 6) is 0. The molecule has 1 nitrogen and oxygen atoms in total. The van der Waals surface area contributed by atoms with E-state index < -0.39 is 11.7 Å². The second kappa shape index (κ2) is 5.67. The maximum Gasteiger partial charge on any atom is 0.417 e. The first-order valence-corrected chi connectivity index (χ1v) is 6.45. The molecule has 2 aromatic rings. The Balaban J connectivity index is 2.40. The second-order valence-electron chi connectivity index (χ2n) is 3.95. The van der Waals surface area contributed by atoms with E-state index in [1.807, 2.05) is 6.07 Å². The summed E-state index contributed by atoms with van der Waals surface area (Å²) in [5, 5.41) is 0. The highest BCUT2D eigenvalue weighted by Gasteiger charge is 2.33. The van der Waals surface area contributed by atoms with Crippen molar-refractivity contribution in [2.24, 2.45) is 5.73 Å². The molecule has 0 amide bonds. The van der Waals surface area contributed by atoms with Crippen LogP contribution in [0.15, 0.2) is 58.3 Å². The van der Waals surface area contributed by atoms with Crippen molar-refractivity contribution in [2.75, 3.05) is 0 Å². The second-order valence-corrected chi connectivity index (χ2v) is 5.06. The quantitative estimate of drug-likeness (QED) is 0.908. The molecule has 0 heterocycles. The van der Waals surface area contributed by atoms with Gasteiger partial charge >= 0.3 is 6.18 Å². The highest BCUT2D eigenvalue weighted by atomic mass is 32.2. The van der Waals surface area contributed by atoms with E-state index in [1.165, 1.54) is 6.07 Å². The molecule has 0 aromatic heterocycles. The predicted molar refractivity (Wildman–Crippen MR) is 69.9 cm³/mol. The first-order valence-electron chi connectivity index (χ1n) is 5.64. The van der Waals surface area contributed by atoms with Gasteiger partial charge in [0, 0.05) is 16.3 Å². The first-order chi connectivity index (χ1) is 9.00. The normalized spacial score (nSPS) is 11.6. The molecule has 2 N–H and O–H groups in total. The van der Waals surface area contributed by atoms with E-state index in [0.29, 0.717) is 5.56 Å². The minimum Gasteiger partial charge on any atom is -0.326 e. The van der Waals surface area contributed by atoms with Gasteiger partial charge in [0.15, 0.2) is 0 Å². The van der Waals surface area contributed by atoms with Gasteiger partial charge < -0.3 is 5.73 Å². The monoisotopic (exact) mass is 283 g/mol. The van der Waals surface area contributed by atoms with Gasteiger partial charge in [0.05, 0.1) is 5.56 Å². The molecule has 100 valence electrons. The molecule has 0 radical (unpaired) electrons. The van der Waals surface area contributed by atoms with Gasteiger partial charge in [-0.25, -0.2) is 0 Å². The van der Waals surface area contributed by atoms with Crippen LogP contribution in [0.25, 0.3) is 0 Å². The van der Waals surface area contributed by atoms with Crippen LogP contribution in [0.3, 0.4) is 0 Å². The van der Waals surface area contributed by atoms with Crippen molar-refractivity contribution in [1.82, 2.24) is 0 Å². The first kappa shape index (κ1) is 14.0. The average Bonchev–Trinajstić information content (AvgIpc) is 2.39. The van der Waals surface area contributed by atoms with Crippen LogP contribution < -0.4 is 5.73 Å². The lowest BCUT2D eigenvalue weighted by Gasteiger charge is -2.13. The minimum absolute atomic E-state index is 0.0966. The van der Waals surface area contributed by atoms with Gasteiger partial charge in [-0.2, -0.15) is 13.2 Å². The van der Waals surface area contributed by atoms with E-state index in [1.54, 1.807) is 30.3 Å². The molecule has 0 unspecified atom stereocenters. The molecular formula is C14H12F3NS. The van der Waals surface area contributed by atoms with Gasteiger partial charge in [-0.1, -0.05) is 36.0 Å². The Morgan fingerprint density at radius 2 is 1.68 bits per heavy atom. The highest BCUT2D eigenvalue weighted by molar-refractivity contribution is 7.99. The molecule has 0 aliphatic carbocycles. The van der Waals surface area contributed by atoms with Crippen LogP contribution in [0.5, 0.6) is 0 Å². The smallest absolute Gasteiger partial charge is 0.326 e. The molecule has 5 heteroatoms. The molecule has 2 aromatic carbocycles. The zero-order valence-corrected chi connectivity index (χ0v) is 10.8. The number of alkyl halides is 3. The Morgan fingerprint density at radius 3 is 2.26 bits per heavy atom. The lowest BCUT2D eigenvalue weighted by molar-refractivity contribution is -0.139. The fourth-order valence-electron chi connectivity index (χ4n) is 1.63. The van der Waals surface area contributed by atoms with E-state index in [4.69, 9.17) is 5.73 Å². The van der Waals surface area contributed by atoms with Gasteiger partial charge in [-0.05, 0) is 29.8 Å². The van der Waals surface area contributed by atoms with Crippen LogP contribution in [-0.2, 0) is 12.7 Å². The maximum absolute atomic E-state index is 13.0. The zero-order chi connectivity index (χ0) is 13.9. The van der Waals surface area contributed by atoms with Crippen molar-refractivity contribution in [3.63, 3.8) is 0 Å². The minimum atomic E-state index is -4.37. The molecule has 0 atom stereocenters. The van der Waals surface area contributed by atoms with E-state index in [-0.39, 0.29) is 11.4 Å². The van der Waals surface area contributed by atoms with Gasteiger partial charge in [0.1, 0.15) is 0 Å². The summed E-state index contributed by atoms with van der Waals surface area (Å²) in [6, 6.07) is 13.2. The van der Waals surface area contributed by atoms with Crippen molar-refractivity contribution in [1.29, 1.82) is 0 Å². The van der Waals surface area contributed by atoms with Crippen molar-refractivity contribution in [3.8, 4) is 0 Å². The topological polar surface area (TPSA) is 26.0 Å². The molecule has 0 bridgehead atoms. The van der Waals surface area contributed by atoms with Crippen LogP contribution in [0.2, 0.25) is 0 Å². The summed E-state index contributed by atoms with van der Waals surface area (Å²) in [5.41, 5.74) is 5.23. The standard InChI is InChI=1S/C14H12F3NS/c15-14(16,17)12-8-10(9-18)6-7-13(12)19-11-4-2-1-3-5-11/h1-8H,9,18H2. The van der Waals surface area contributed by atoms with Gasteiger partial charge in [-0.15, -0.1) is 0 Å². The third-order valence-corrected chi connectivity index (χ3v) is 3.64. The van der Waals surface area contributed by atoms with E-state index in [9.17, 15) is 13.2 Å². The Bertz CT molecular complexity index is 552. The van der Waals surface area contributed by atoms with Crippen molar-refractivity contribution < 1.29 is 13.2 Å². The van der Waals surface area contributed by atoms with Gasteiger partial charge in [0.2, 0.25) is 0 Å². The number of nitrogens with two attached hydrogens (primary N) is 1. The molecule has 0 saturated carbocycles.